The second-order valence-electron chi connectivity index (χ2n) is 11.3. The van der Waals surface area contributed by atoms with E-state index in [-0.39, 0.29) is 0 Å². The highest BCUT2D eigenvalue weighted by atomic mass is 15.5. The van der Waals surface area contributed by atoms with E-state index in [1.165, 1.54) is 0 Å². The van der Waals surface area contributed by atoms with Crippen molar-refractivity contribution < 1.29 is 0 Å². The third-order valence-electron chi connectivity index (χ3n) is 8.42. The molecule has 50 heavy (non-hydrogen) atoms. The molecule has 5 aromatic carbocycles. The molecule has 4 heterocycles. The highest BCUT2D eigenvalue weighted by Crippen LogP contribution is 2.43. The van der Waals surface area contributed by atoms with Crippen molar-refractivity contribution in [2.24, 2.45) is 0 Å². The predicted molar refractivity (Wildman–Crippen MR) is 181 cm³/mol. The molecule has 0 saturated carbocycles. The van der Waals surface area contributed by atoms with Gasteiger partial charge in [0.2, 0.25) is 0 Å². The fourth-order valence-electron chi connectivity index (χ4n) is 5.91. The fourth-order valence-corrected chi connectivity index (χ4v) is 5.91. The molecule has 238 valence electrons. The van der Waals surface area contributed by atoms with E-state index in [1.807, 2.05) is 48.5 Å². The van der Waals surface area contributed by atoms with Crippen molar-refractivity contribution in [2.45, 2.75) is 0 Å². The lowest BCUT2D eigenvalue weighted by molar-refractivity contribution is 0.881. The number of hydrogen-bond acceptors (Lipinski definition) is 12. The molecule has 9 aromatic rings. The Labute approximate surface area is 281 Å². The Hall–Kier alpha value is -7.62. The second-order valence-corrected chi connectivity index (χ2v) is 11.3. The summed E-state index contributed by atoms with van der Waals surface area (Å²) < 4.78 is 0. The van der Waals surface area contributed by atoms with Crippen LogP contribution in [0.5, 0.6) is 0 Å². The zero-order valence-electron chi connectivity index (χ0n) is 25.8. The molecule has 9 rings (SSSR count). The van der Waals surface area contributed by atoms with E-state index >= 15 is 0 Å². The van der Waals surface area contributed by atoms with Gasteiger partial charge < -0.3 is 0 Å². The third-order valence-corrected chi connectivity index (χ3v) is 8.42. The molecule has 4 aromatic heterocycles. The quantitative estimate of drug-likeness (QED) is 0.169. The molecule has 16 nitrogen and oxygen atoms in total. The second kappa shape index (κ2) is 12.2. The summed E-state index contributed by atoms with van der Waals surface area (Å²) in [6.07, 6.45) is 0. The normalized spacial score (nSPS) is 11.2. The highest BCUT2D eigenvalue weighted by Gasteiger charge is 2.18. The molecule has 0 atom stereocenters. The van der Waals surface area contributed by atoms with Crippen LogP contribution in [0, 0.1) is 0 Å². The zero-order valence-corrected chi connectivity index (χ0v) is 25.8. The standard InChI is InChI=1S/C34H22N16/c1-9-23(31-35-43-44-36-31)10-2-19(1)27-17-29(21-5-13-25(14-6-21)33-39-47-48-40-33)30(22-7-15-26(16-8-22)34-41-49-50-42-34)18-28(27)20-3-11-24(12-4-20)32-37-45-46-38-32/h1-18H,(H,35,36,43,44)(H,37,38,45,46)(H,39,40,47,48)(H,41,42,49,50). The van der Waals surface area contributed by atoms with E-state index in [4.69, 9.17) is 0 Å². The predicted octanol–water partition coefficient (Wildman–Crippen LogP) is 5.08. The number of nitrogens with one attached hydrogen (secondary N) is 4. The van der Waals surface area contributed by atoms with Crippen LogP contribution in [-0.2, 0) is 0 Å². The molecular formula is C34H22N16. The first-order valence-corrected chi connectivity index (χ1v) is 15.3. The minimum atomic E-state index is 0.594. The summed E-state index contributed by atoms with van der Waals surface area (Å²) in [5.74, 6) is 2.38. The molecule has 0 aliphatic rings. The van der Waals surface area contributed by atoms with Gasteiger partial charge in [0.25, 0.3) is 0 Å². The Balaban J connectivity index is 1.23. The van der Waals surface area contributed by atoms with Crippen molar-refractivity contribution in [3.63, 3.8) is 0 Å². The van der Waals surface area contributed by atoms with Gasteiger partial charge in [-0.1, -0.05) is 97.1 Å². The molecule has 0 aliphatic carbocycles. The summed E-state index contributed by atoms with van der Waals surface area (Å²) in [4.78, 5) is 0. The van der Waals surface area contributed by atoms with Crippen molar-refractivity contribution in [3.8, 4) is 90.1 Å². The zero-order chi connectivity index (χ0) is 33.3. The molecule has 0 unspecified atom stereocenters. The number of benzene rings is 5. The molecule has 4 N–H and O–H groups in total. The highest BCUT2D eigenvalue weighted by molar-refractivity contribution is 5.96. The van der Waals surface area contributed by atoms with E-state index < -0.39 is 0 Å². The number of aromatic nitrogens is 16. The van der Waals surface area contributed by atoms with Crippen molar-refractivity contribution >= 4 is 0 Å². The van der Waals surface area contributed by atoms with Crippen molar-refractivity contribution in [1.29, 1.82) is 0 Å². The van der Waals surface area contributed by atoms with Crippen LogP contribution in [0.2, 0.25) is 0 Å². The lowest BCUT2D eigenvalue weighted by Gasteiger charge is -2.19. The van der Waals surface area contributed by atoms with Gasteiger partial charge in [0.05, 0.1) is 0 Å². The minimum absolute atomic E-state index is 0.594. The van der Waals surface area contributed by atoms with Gasteiger partial charge in [0.1, 0.15) is 0 Å². The van der Waals surface area contributed by atoms with Crippen LogP contribution < -0.4 is 0 Å². The van der Waals surface area contributed by atoms with E-state index in [0.717, 1.165) is 66.8 Å². The van der Waals surface area contributed by atoms with Gasteiger partial charge in [-0.15, -0.1) is 20.4 Å². The van der Waals surface area contributed by atoms with Gasteiger partial charge >= 0.3 is 0 Å². The summed E-state index contributed by atoms with van der Waals surface area (Å²) in [6.45, 7) is 0. The maximum Gasteiger partial charge on any atom is 0.179 e. The van der Waals surface area contributed by atoms with E-state index in [9.17, 15) is 0 Å². The van der Waals surface area contributed by atoms with E-state index in [1.54, 1.807) is 0 Å². The van der Waals surface area contributed by atoms with Gasteiger partial charge in [-0.05, 0) is 98.3 Å². The van der Waals surface area contributed by atoms with Gasteiger partial charge in [-0.25, -0.2) is 20.4 Å². The van der Waals surface area contributed by atoms with Crippen LogP contribution in [0.3, 0.4) is 0 Å². The molecular weight excluding hydrogens is 632 g/mol. The molecule has 0 radical (unpaired) electrons. The van der Waals surface area contributed by atoms with Crippen LogP contribution >= 0.6 is 0 Å². The number of rotatable bonds is 8. The van der Waals surface area contributed by atoms with E-state index in [2.05, 4.69) is 143 Å². The summed E-state index contributed by atoms with van der Waals surface area (Å²) in [5, 5.41) is 57.4. The van der Waals surface area contributed by atoms with Crippen LogP contribution in [0.25, 0.3) is 90.1 Å². The lowest BCUT2D eigenvalue weighted by Crippen LogP contribution is -1.94. The summed E-state index contributed by atoms with van der Waals surface area (Å²) in [5.41, 5.74) is 11.7. The molecule has 0 aliphatic heterocycles. The maximum absolute atomic E-state index is 4.07. The SMILES string of the molecule is c1cc(-c2cc(-c3ccc(-c4nnn[nH]4)cc3)c(-c3ccc(-c4nnn[nH]4)cc3)cc2-c2ccc(-c3nnn[nH]3)cc2)ccc1-c1nnn[nH]1. The maximum atomic E-state index is 4.07. The number of aromatic amines is 4. The van der Waals surface area contributed by atoms with Gasteiger partial charge in [-0.3, -0.25) is 0 Å². The summed E-state index contributed by atoms with van der Waals surface area (Å²) >= 11 is 0. The van der Waals surface area contributed by atoms with Gasteiger partial charge in [0.15, 0.2) is 23.3 Å². The van der Waals surface area contributed by atoms with E-state index in [0.29, 0.717) is 23.3 Å². The fraction of sp³-hybridized carbons (Fsp3) is 0. The van der Waals surface area contributed by atoms with Crippen molar-refractivity contribution in [3.05, 3.63) is 109 Å². The number of hydrogen-bond donors (Lipinski definition) is 4. The Morgan fingerprint density at radius 1 is 0.260 bits per heavy atom. The average Bonchev–Trinajstić information content (AvgIpc) is 4.04. The summed E-state index contributed by atoms with van der Waals surface area (Å²) in [6, 6.07) is 37.2. The molecule has 0 amide bonds. The van der Waals surface area contributed by atoms with Crippen LogP contribution in [0.4, 0.5) is 0 Å². The topological polar surface area (TPSA) is 218 Å². The largest absolute Gasteiger partial charge is 0.239 e. The Bertz CT molecular complexity index is 2120. The number of H-pyrrole nitrogens is 4. The van der Waals surface area contributed by atoms with Gasteiger partial charge in [-0.2, -0.15) is 0 Å². The molecule has 0 fully saturated rings. The average molecular weight is 655 g/mol. The van der Waals surface area contributed by atoms with Crippen LogP contribution in [0.15, 0.2) is 109 Å². The third kappa shape index (κ3) is 5.33. The Morgan fingerprint density at radius 2 is 0.460 bits per heavy atom. The monoisotopic (exact) mass is 654 g/mol. The smallest absolute Gasteiger partial charge is 0.179 e. The number of tetrazole rings is 4. The van der Waals surface area contributed by atoms with Crippen LogP contribution in [-0.4, -0.2) is 82.5 Å². The van der Waals surface area contributed by atoms with Crippen LogP contribution in [0.1, 0.15) is 0 Å². The molecule has 0 bridgehead atoms. The summed E-state index contributed by atoms with van der Waals surface area (Å²) in [7, 11) is 0. The Kier molecular flexibility index (Phi) is 6.97. The first-order chi connectivity index (χ1) is 24.8. The molecule has 0 saturated heterocycles. The number of nitrogens with zero attached hydrogens (tertiary/aromatic N) is 12. The first-order valence-electron chi connectivity index (χ1n) is 15.3. The lowest BCUT2D eigenvalue weighted by atomic mass is 9.85. The van der Waals surface area contributed by atoms with Crippen molar-refractivity contribution in [2.75, 3.05) is 0 Å². The Morgan fingerprint density at radius 3 is 0.640 bits per heavy atom. The van der Waals surface area contributed by atoms with Gasteiger partial charge in [0, 0.05) is 22.3 Å². The van der Waals surface area contributed by atoms with Crippen molar-refractivity contribution in [1.82, 2.24) is 82.5 Å². The molecule has 0 spiro atoms. The first kappa shape index (κ1) is 28.6. The molecule has 16 heteroatoms. The minimum Gasteiger partial charge on any atom is -0.239 e.